The third-order valence-corrected chi connectivity index (χ3v) is 5.23. The zero-order valence-corrected chi connectivity index (χ0v) is 17.8. The molecule has 0 unspecified atom stereocenters. The number of nitrogens with zero attached hydrogens (tertiary/aromatic N) is 1. The van der Waals surface area contributed by atoms with Crippen LogP contribution in [0.4, 0.5) is 0 Å². The lowest BCUT2D eigenvalue weighted by atomic mass is 10.00. The summed E-state index contributed by atoms with van der Waals surface area (Å²) in [4.78, 5) is 0. The predicted molar refractivity (Wildman–Crippen MR) is 119 cm³/mol. The maximum atomic E-state index is 9.73. The number of rotatable bonds is 6. The Labute approximate surface area is 174 Å². The summed E-state index contributed by atoms with van der Waals surface area (Å²) in [5, 5.41) is 12.0. The Balaban J connectivity index is 2.02. The minimum absolute atomic E-state index is 0.0823. The summed E-state index contributed by atoms with van der Waals surface area (Å²) in [6.45, 7) is 4.10. The maximum absolute atomic E-state index is 9.73. The lowest BCUT2D eigenvalue weighted by Gasteiger charge is -2.17. The van der Waals surface area contributed by atoms with Crippen LogP contribution in [0.15, 0.2) is 59.1 Å². The first kappa shape index (κ1) is 20.0. The molecule has 4 heteroatoms. The van der Waals surface area contributed by atoms with E-state index in [0.29, 0.717) is 17.1 Å². The lowest BCUT2D eigenvalue weighted by molar-refractivity contribution is 0.206. The summed E-state index contributed by atoms with van der Waals surface area (Å²) in [6, 6.07) is 20.3. The second kappa shape index (κ2) is 8.95. The molecule has 142 valence electrons. The van der Waals surface area contributed by atoms with Crippen molar-refractivity contribution in [2.45, 2.75) is 26.4 Å². The molecule has 0 spiro atoms. The highest BCUT2D eigenvalue weighted by molar-refractivity contribution is 9.10. The predicted octanol–water partition coefficient (Wildman–Crippen LogP) is 6.85. The largest absolute Gasteiger partial charge is 0.493 e. The van der Waals surface area contributed by atoms with Crippen LogP contribution in [0.5, 0.6) is 11.5 Å². The Morgan fingerprint density at radius 3 is 2.57 bits per heavy atom. The van der Waals surface area contributed by atoms with Crippen molar-refractivity contribution in [1.82, 2.24) is 0 Å². The number of hydrogen-bond acceptors (Lipinski definition) is 3. The van der Waals surface area contributed by atoms with Gasteiger partial charge in [-0.2, -0.15) is 5.26 Å². The standard InChI is InChI=1S/C24H22BrNO2/c1-4-16(2)28-24-22(25)12-17(13-23(24)27-3)11-21(15-26)20-10-9-18-7-5-6-8-19(18)14-20/h5-14,16H,4H2,1-3H3/b21-11-/t16-/m1/s1. The van der Waals surface area contributed by atoms with Crippen molar-refractivity contribution in [3.63, 3.8) is 0 Å². The molecule has 28 heavy (non-hydrogen) atoms. The minimum Gasteiger partial charge on any atom is -0.493 e. The number of halogens is 1. The summed E-state index contributed by atoms with van der Waals surface area (Å²) in [6.07, 6.45) is 2.85. The van der Waals surface area contributed by atoms with Crippen LogP contribution in [0.2, 0.25) is 0 Å². The molecule has 0 aliphatic heterocycles. The van der Waals surface area contributed by atoms with E-state index in [1.165, 1.54) is 0 Å². The number of methoxy groups -OCH3 is 1. The first-order valence-corrected chi connectivity index (χ1v) is 10.00. The first-order chi connectivity index (χ1) is 13.5. The van der Waals surface area contributed by atoms with Gasteiger partial charge >= 0.3 is 0 Å². The van der Waals surface area contributed by atoms with Gasteiger partial charge in [0.15, 0.2) is 11.5 Å². The molecule has 0 aliphatic rings. The van der Waals surface area contributed by atoms with Gasteiger partial charge < -0.3 is 9.47 Å². The summed E-state index contributed by atoms with van der Waals surface area (Å²) in [7, 11) is 1.62. The van der Waals surface area contributed by atoms with Gasteiger partial charge in [0, 0.05) is 0 Å². The van der Waals surface area contributed by atoms with Crippen LogP contribution in [-0.2, 0) is 0 Å². The molecule has 3 aromatic rings. The number of nitriles is 1. The molecule has 0 saturated heterocycles. The third-order valence-electron chi connectivity index (χ3n) is 4.64. The number of benzene rings is 3. The summed E-state index contributed by atoms with van der Waals surface area (Å²) >= 11 is 3.58. The average molecular weight is 436 g/mol. The lowest BCUT2D eigenvalue weighted by Crippen LogP contribution is -2.11. The van der Waals surface area contributed by atoms with Gasteiger partial charge in [-0.05, 0) is 75.4 Å². The Bertz CT molecular complexity index is 1070. The molecule has 0 aromatic heterocycles. The highest BCUT2D eigenvalue weighted by Crippen LogP contribution is 2.38. The van der Waals surface area contributed by atoms with Crippen LogP contribution in [-0.4, -0.2) is 13.2 Å². The van der Waals surface area contributed by atoms with Gasteiger partial charge in [0.1, 0.15) is 0 Å². The Morgan fingerprint density at radius 2 is 1.89 bits per heavy atom. The SMILES string of the molecule is CC[C@@H](C)Oc1c(Br)cc(/C=C(/C#N)c2ccc3ccccc3c2)cc1OC. The van der Waals surface area contributed by atoms with E-state index in [1.54, 1.807) is 7.11 Å². The highest BCUT2D eigenvalue weighted by Gasteiger charge is 2.14. The van der Waals surface area contributed by atoms with Gasteiger partial charge in [-0.1, -0.05) is 43.3 Å². The highest BCUT2D eigenvalue weighted by atomic mass is 79.9. The van der Waals surface area contributed by atoms with Crippen LogP contribution in [0.25, 0.3) is 22.4 Å². The van der Waals surface area contributed by atoms with Gasteiger partial charge in [-0.15, -0.1) is 0 Å². The van der Waals surface area contributed by atoms with Crippen molar-refractivity contribution in [1.29, 1.82) is 5.26 Å². The molecular weight excluding hydrogens is 414 g/mol. The van der Waals surface area contributed by atoms with Gasteiger partial charge in [0.25, 0.3) is 0 Å². The normalized spacial score (nSPS) is 12.5. The molecule has 0 amide bonds. The molecule has 0 radical (unpaired) electrons. The Hall–Kier alpha value is -2.77. The quantitative estimate of drug-likeness (QED) is 0.313. The zero-order chi connectivity index (χ0) is 20.1. The van der Waals surface area contributed by atoms with E-state index in [0.717, 1.165) is 32.8 Å². The van der Waals surface area contributed by atoms with Gasteiger partial charge in [-0.3, -0.25) is 0 Å². The second-order valence-corrected chi connectivity index (χ2v) is 7.46. The molecule has 3 aromatic carbocycles. The Morgan fingerprint density at radius 1 is 1.14 bits per heavy atom. The zero-order valence-electron chi connectivity index (χ0n) is 16.2. The average Bonchev–Trinajstić information content (AvgIpc) is 2.73. The van der Waals surface area contributed by atoms with Crippen LogP contribution >= 0.6 is 15.9 Å². The number of fused-ring (bicyclic) bond motifs is 1. The van der Waals surface area contributed by atoms with Crippen molar-refractivity contribution < 1.29 is 9.47 Å². The molecule has 3 nitrogen and oxygen atoms in total. The minimum atomic E-state index is 0.0823. The van der Waals surface area contributed by atoms with Crippen molar-refractivity contribution in [2.24, 2.45) is 0 Å². The number of allylic oxidation sites excluding steroid dienone is 1. The van der Waals surface area contributed by atoms with Crippen LogP contribution in [0.1, 0.15) is 31.4 Å². The molecule has 1 atom stereocenters. The van der Waals surface area contributed by atoms with Crippen molar-refractivity contribution in [2.75, 3.05) is 7.11 Å². The van der Waals surface area contributed by atoms with E-state index in [4.69, 9.17) is 9.47 Å². The smallest absolute Gasteiger partial charge is 0.175 e. The second-order valence-electron chi connectivity index (χ2n) is 6.60. The molecule has 0 N–H and O–H groups in total. The molecule has 0 fully saturated rings. The van der Waals surface area contributed by atoms with E-state index in [-0.39, 0.29) is 6.10 Å². The fourth-order valence-corrected chi connectivity index (χ4v) is 3.48. The first-order valence-electron chi connectivity index (χ1n) is 9.20. The van der Waals surface area contributed by atoms with Gasteiger partial charge in [-0.25, -0.2) is 0 Å². The van der Waals surface area contributed by atoms with Gasteiger partial charge in [0.05, 0.1) is 29.3 Å². The molecule has 0 heterocycles. The van der Waals surface area contributed by atoms with Crippen LogP contribution < -0.4 is 9.47 Å². The van der Waals surface area contributed by atoms with Gasteiger partial charge in [0.2, 0.25) is 0 Å². The molecule has 0 aliphatic carbocycles. The fourth-order valence-electron chi connectivity index (χ4n) is 2.93. The van der Waals surface area contributed by atoms with E-state index in [1.807, 2.05) is 55.5 Å². The van der Waals surface area contributed by atoms with E-state index in [9.17, 15) is 5.26 Å². The van der Waals surface area contributed by atoms with Crippen molar-refractivity contribution in [3.05, 3.63) is 70.2 Å². The third kappa shape index (κ3) is 4.37. The maximum Gasteiger partial charge on any atom is 0.175 e. The molecule has 0 bridgehead atoms. The van der Waals surface area contributed by atoms with Crippen molar-refractivity contribution >= 4 is 38.4 Å². The topological polar surface area (TPSA) is 42.2 Å². The Kier molecular flexibility index (Phi) is 6.38. The van der Waals surface area contributed by atoms with E-state index in [2.05, 4.69) is 41.1 Å². The fraction of sp³-hybridized carbons (Fsp3) is 0.208. The summed E-state index contributed by atoms with van der Waals surface area (Å²) in [5.41, 5.74) is 2.34. The summed E-state index contributed by atoms with van der Waals surface area (Å²) < 4.78 is 12.3. The van der Waals surface area contributed by atoms with E-state index >= 15 is 0 Å². The summed E-state index contributed by atoms with van der Waals surface area (Å²) in [5.74, 6) is 1.31. The van der Waals surface area contributed by atoms with Crippen molar-refractivity contribution in [3.8, 4) is 17.6 Å². The molecular formula is C24H22BrNO2. The van der Waals surface area contributed by atoms with Crippen LogP contribution in [0, 0.1) is 11.3 Å². The number of ether oxygens (including phenoxy) is 2. The van der Waals surface area contributed by atoms with E-state index < -0.39 is 0 Å². The monoisotopic (exact) mass is 435 g/mol. The van der Waals surface area contributed by atoms with Crippen LogP contribution in [0.3, 0.4) is 0 Å². The number of hydrogen-bond donors (Lipinski definition) is 0. The molecule has 3 rings (SSSR count). The molecule has 0 saturated carbocycles.